The van der Waals surface area contributed by atoms with E-state index in [1.807, 2.05) is 0 Å². The van der Waals surface area contributed by atoms with Crippen molar-refractivity contribution in [2.75, 3.05) is 6.79 Å². The Hall–Kier alpha value is -1.79. The van der Waals surface area contributed by atoms with Gasteiger partial charge in [-0.2, -0.15) is 0 Å². The molecule has 0 unspecified atom stereocenters. The molecule has 0 amide bonds. The van der Waals surface area contributed by atoms with Crippen LogP contribution in [0.4, 0.5) is 4.39 Å². The van der Waals surface area contributed by atoms with Gasteiger partial charge in [0.25, 0.3) is 0 Å². The second kappa shape index (κ2) is 5.91. The highest BCUT2D eigenvalue weighted by molar-refractivity contribution is 9.10. The van der Waals surface area contributed by atoms with Gasteiger partial charge in [0, 0.05) is 28.2 Å². The maximum atomic E-state index is 13.7. The first-order valence-electron chi connectivity index (χ1n) is 6.36. The van der Waals surface area contributed by atoms with E-state index < -0.39 is 0 Å². The largest absolute Gasteiger partial charge is 0.488 e. The fourth-order valence-corrected chi connectivity index (χ4v) is 2.48. The molecule has 1 aliphatic rings. The Bertz CT molecular complexity index is 678. The SMILES string of the molecule is NCc1cc2c(cc1OCc1cc(Br)ccc1F)OCO2. The number of fused-ring (bicyclic) bond motifs is 1. The first kappa shape index (κ1) is 14.2. The normalized spacial score (nSPS) is 12.5. The van der Waals surface area contributed by atoms with E-state index in [2.05, 4.69) is 15.9 Å². The Labute approximate surface area is 129 Å². The molecule has 4 nitrogen and oxygen atoms in total. The van der Waals surface area contributed by atoms with Crippen LogP contribution in [-0.2, 0) is 13.2 Å². The zero-order chi connectivity index (χ0) is 14.8. The zero-order valence-corrected chi connectivity index (χ0v) is 12.7. The number of nitrogens with two attached hydrogens (primary N) is 1. The number of benzene rings is 2. The van der Waals surface area contributed by atoms with E-state index in [4.69, 9.17) is 19.9 Å². The Kier molecular flexibility index (Phi) is 3.98. The third-order valence-electron chi connectivity index (χ3n) is 3.17. The van der Waals surface area contributed by atoms with Crippen LogP contribution in [0.2, 0.25) is 0 Å². The molecule has 1 heterocycles. The van der Waals surface area contributed by atoms with Crippen molar-refractivity contribution in [2.24, 2.45) is 5.73 Å². The summed E-state index contributed by atoms with van der Waals surface area (Å²) in [5.41, 5.74) is 6.96. The summed E-state index contributed by atoms with van der Waals surface area (Å²) in [6.07, 6.45) is 0. The van der Waals surface area contributed by atoms with Crippen LogP contribution in [0.3, 0.4) is 0 Å². The van der Waals surface area contributed by atoms with Crippen molar-refractivity contribution >= 4 is 15.9 Å². The molecule has 0 radical (unpaired) electrons. The van der Waals surface area contributed by atoms with Gasteiger partial charge in [0.2, 0.25) is 6.79 Å². The van der Waals surface area contributed by atoms with Crippen LogP contribution < -0.4 is 19.9 Å². The third-order valence-corrected chi connectivity index (χ3v) is 3.66. The van der Waals surface area contributed by atoms with Crippen LogP contribution in [0, 0.1) is 5.82 Å². The molecule has 2 aromatic rings. The number of ether oxygens (including phenoxy) is 3. The van der Waals surface area contributed by atoms with Gasteiger partial charge < -0.3 is 19.9 Å². The van der Waals surface area contributed by atoms with Crippen molar-refractivity contribution in [3.8, 4) is 17.2 Å². The maximum absolute atomic E-state index is 13.7. The number of hydrogen-bond acceptors (Lipinski definition) is 4. The van der Waals surface area contributed by atoms with Crippen molar-refractivity contribution in [1.82, 2.24) is 0 Å². The summed E-state index contributed by atoms with van der Waals surface area (Å²) in [7, 11) is 0. The van der Waals surface area contributed by atoms with E-state index in [9.17, 15) is 4.39 Å². The van der Waals surface area contributed by atoms with Crippen LogP contribution in [0.25, 0.3) is 0 Å². The minimum Gasteiger partial charge on any atom is -0.488 e. The average Bonchev–Trinajstić information content (AvgIpc) is 2.94. The lowest BCUT2D eigenvalue weighted by molar-refractivity contribution is 0.173. The van der Waals surface area contributed by atoms with Gasteiger partial charge >= 0.3 is 0 Å². The molecule has 2 N–H and O–H groups in total. The molecule has 0 aliphatic carbocycles. The summed E-state index contributed by atoms with van der Waals surface area (Å²) in [6.45, 7) is 0.591. The highest BCUT2D eigenvalue weighted by Gasteiger charge is 2.17. The fraction of sp³-hybridized carbons (Fsp3) is 0.200. The van der Waals surface area contributed by atoms with Gasteiger partial charge in [-0.1, -0.05) is 15.9 Å². The van der Waals surface area contributed by atoms with Gasteiger partial charge in [-0.05, 0) is 24.3 Å². The van der Waals surface area contributed by atoms with E-state index in [0.29, 0.717) is 29.4 Å². The van der Waals surface area contributed by atoms with Crippen molar-refractivity contribution in [3.05, 3.63) is 51.7 Å². The summed E-state index contributed by atoms with van der Waals surface area (Å²) < 4.78 is 30.8. The molecule has 0 saturated heterocycles. The van der Waals surface area contributed by atoms with Gasteiger partial charge in [-0.15, -0.1) is 0 Å². The molecule has 21 heavy (non-hydrogen) atoms. The predicted molar refractivity (Wildman–Crippen MR) is 78.9 cm³/mol. The lowest BCUT2D eigenvalue weighted by atomic mass is 10.1. The van der Waals surface area contributed by atoms with Gasteiger partial charge in [0.15, 0.2) is 11.5 Å². The van der Waals surface area contributed by atoms with Crippen LogP contribution in [-0.4, -0.2) is 6.79 Å². The molecule has 6 heteroatoms. The van der Waals surface area contributed by atoms with Gasteiger partial charge in [0.05, 0.1) is 0 Å². The first-order valence-corrected chi connectivity index (χ1v) is 7.16. The molecular formula is C15H13BrFNO3. The number of halogens is 2. The van der Waals surface area contributed by atoms with E-state index in [-0.39, 0.29) is 19.2 Å². The molecule has 2 aromatic carbocycles. The van der Waals surface area contributed by atoms with Crippen molar-refractivity contribution in [3.63, 3.8) is 0 Å². The molecule has 0 spiro atoms. The molecule has 1 aliphatic heterocycles. The summed E-state index contributed by atoms with van der Waals surface area (Å²) >= 11 is 3.31. The van der Waals surface area contributed by atoms with Gasteiger partial charge in [-0.3, -0.25) is 0 Å². The summed E-state index contributed by atoms with van der Waals surface area (Å²) in [4.78, 5) is 0. The van der Waals surface area contributed by atoms with E-state index in [0.717, 1.165) is 10.0 Å². The predicted octanol–water partition coefficient (Wildman–Crippen LogP) is 3.35. The minimum absolute atomic E-state index is 0.109. The molecule has 0 fully saturated rings. The lowest BCUT2D eigenvalue weighted by Gasteiger charge is -2.12. The number of hydrogen-bond donors (Lipinski definition) is 1. The molecule has 0 aromatic heterocycles. The quantitative estimate of drug-likeness (QED) is 0.915. The molecule has 110 valence electrons. The van der Waals surface area contributed by atoms with Gasteiger partial charge in [-0.25, -0.2) is 4.39 Å². The van der Waals surface area contributed by atoms with E-state index in [1.165, 1.54) is 6.07 Å². The minimum atomic E-state index is -0.312. The average molecular weight is 354 g/mol. The zero-order valence-electron chi connectivity index (χ0n) is 11.1. The van der Waals surface area contributed by atoms with Crippen LogP contribution in [0.1, 0.15) is 11.1 Å². The summed E-state index contributed by atoms with van der Waals surface area (Å²) in [5, 5.41) is 0. The topological polar surface area (TPSA) is 53.7 Å². The molecule has 3 rings (SSSR count). The van der Waals surface area contributed by atoms with Crippen LogP contribution >= 0.6 is 15.9 Å². The Morgan fingerprint density at radius 1 is 1.14 bits per heavy atom. The van der Waals surface area contributed by atoms with Crippen molar-refractivity contribution in [2.45, 2.75) is 13.2 Å². The Morgan fingerprint density at radius 3 is 2.67 bits per heavy atom. The molecule has 0 saturated carbocycles. The summed E-state index contributed by atoms with van der Waals surface area (Å²) in [5.74, 6) is 1.52. The first-order chi connectivity index (χ1) is 10.2. The highest BCUT2D eigenvalue weighted by Crippen LogP contribution is 2.38. The molecule has 0 atom stereocenters. The Morgan fingerprint density at radius 2 is 1.90 bits per heavy atom. The van der Waals surface area contributed by atoms with Gasteiger partial charge in [0.1, 0.15) is 18.2 Å². The standard InChI is InChI=1S/C15H13BrFNO3/c16-11-1-2-12(17)10(3-11)7-19-13-5-15-14(20-8-21-15)4-9(13)6-18/h1-5H,6-8,18H2. The smallest absolute Gasteiger partial charge is 0.231 e. The monoisotopic (exact) mass is 353 g/mol. The van der Waals surface area contributed by atoms with Crippen LogP contribution in [0.5, 0.6) is 17.2 Å². The van der Waals surface area contributed by atoms with Crippen LogP contribution in [0.15, 0.2) is 34.8 Å². The fourth-order valence-electron chi connectivity index (χ4n) is 2.07. The molecular weight excluding hydrogens is 341 g/mol. The maximum Gasteiger partial charge on any atom is 0.231 e. The van der Waals surface area contributed by atoms with E-state index >= 15 is 0 Å². The second-order valence-corrected chi connectivity index (χ2v) is 5.46. The third kappa shape index (κ3) is 2.96. The second-order valence-electron chi connectivity index (χ2n) is 4.54. The molecule has 0 bridgehead atoms. The Balaban J connectivity index is 1.83. The van der Waals surface area contributed by atoms with Crippen molar-refractivity contribution < 1.29 is 18.6 Å². The number of rotatable bonds is 4. The van der Waals surface area contributed by atoms with E-state index in [1.54, 1.807) is 24.3 Å². The summed E-state index contributed by atoms with van der Waals surface area (Å²) in [6, 6.07) is 8.23. The van der Waals surface area contributed by atoms with Crippen molar-refractivity contribution in [1.29, 1.82) is 0 Å². The lowest BCUT2D eigenvalue weighted by Crippen LogP contribution is -2.04. The highest BCUT2D eigenvalue weighted by atomic mass is 79.9.